The standard InChI is InChI=1S/C22H19N3O3/c26-20-9-8-16-12-17(11-15-7-4-10-25(20)21(15)16)23-22(27)18-13-19(28-24-18)14-5-2-1-3-6-14/h1-3,5-6,11-13H,4,7-10H2,(H,23,27). The molecule has 2 aromatic carbocycles. The van der Waals surface area contributed by atoms with E-state index in [-0.39, 0.29) is 17.5 Å². The fourth-order valence-corrected chi connectivity index (χ4v) is 4.04. The number of benzene rings is 2. The lowest BCUT2D eigenvalue weighted by Crippen LogP contribution is -2.39. The molecule has 0 radical (unpaired) electrons. The number of amides is 2. The zero-order valence-corrected chi connectivity index (χ0v) is 15.3. The van der Waals surface area contributed by atoms with Crippen molar-refractivity contribution in [3.8, 4) is 11.3 Å². The van der Waals surface area contributed by atoms with Gasteiger partial charge in [-0.25, -0.2) is 0 Å². The lowest BCUT2D eigenvalue weighted by Gasteiger charge is -2.35. The fourth-order valence-electron chi connectivity index (χ4n) is 4.04. The van der Waals surface area contributed by atoms with E-state index in [2.05, 4.69) is 10.5 Å². The third-order valence-corrected chi connectivity index (χ3v) is 5.33. The van der Waals surface area contributed by atoms with Gasteiger partial charge in [0.1, 0.15) is 0 Å². The van der Waals surface area contributed by atoms with Crippen molar-refractivity contribution in [1.82, 2.24) is 5.16 Å². The number of nitrogens with one attached hydrogen (secondary N) is 1. The first-order valence-electron chi connectivity index (χ1n) is 9.49. The van der Waals surface area contributed by atoms with E-state index in [1.807, 2.05) is 47.4 Å². The summed E-state index contributed by atoms with van der Waals surface area (Å²) in [4.78, 5) is 26.7. The van der Waals surface area contributed by atoms with Crippen molar-refractivity contribution in [3.05, 3.63) is 65.4 Å². The van der Waals surface area contributed by atoms with Crippen molar-refractivity contribution in [2.45, 2.75) is 25.7 Å². The highest BCUT2D eigenvalue weighted by Gasteiger charge is 2.29. The van der Waals surface area contributed by atoms with E-state index in [9.17, 15) is 9.59 Å². The number of anilines is 2. The summed E-state index contributed by atoms with van der Waals surface area (Å²) in [6.07, 6.45) is 3.09. The van der Waals surface area contributed by atoms with Crippen LogP contribution in [0.3, 0.4) is 0 Å². The second-order valence-corrected chi connectivity index (χ2v) is 7.19. The molecule has 2 aliphatic rings. The largest absolute Gasteiger partial charge is 0.355 e. The average molecular weight is 373 g/mol. The smallest absolute Gasteiger partial charge is 0.277 e. The quantitative estimate of drug-likeness (QED) is 0.757. The molecule has 0 bridgehead atoms. The Labute approximate surface area is 162 Å². The summed E-state index contributed by atoms with van der Waals surface area (Å²) in [6, 6.07) is 15.1. The predicted molar refractivity (Wildman–Crippen MR) is 105 cm³/mol. The van der Waals surface area contributed by atoms with Crippen LogP contribution in [0.4, 0.5) is 11.4 Å². The summed E-state index contributed by atoms with van der Waals surface area (Å²) in [5.74, 6) is 0.444. The van der Waals surface area contributed by atoms with Crippen LogP contribution in [-0.4, -0.2) is 23.5 Å². The minimum absolute atomic E-state index is 0.196. The number of aryl methyl sites for hydroxylation is 2. The van der Waals surface area contributed by atoms with Gasteiger partial charge in [0.05, 0.1) is 5.69 Å². The summed E-state index contributed by atoms with van der Waals surface area (Å²) >= 11 is 0. The van der Waals surface area contributed by atoms with Gasteiger partial charge in [-0.2, -0.15) is 0 Å². The molecule has 0 saturated heterocycles. The van der Waals surface area contributed by atoms with Gasteiger partial charge in [0.15, 0.2) is 11.5 Å². The van der Waals surface area contributed by atoms with Gasteiger partial charge in [-0.3, -0.25) is 9.59 Å². The Bertz CT molecular complexity index is 1050. The number of carbonyl (C=O) groups excluding carboxylic acids is 2. The number of aromatic nitrogens is 1. The van der Waals surface area contributed by atoms with Crippen molar-refractivity contribution in [2.24, 2.45) is 0 Å². The maximum atomic E-state index is 12.7. The normalized spacial score (nSPS) is 15.3. The van der Waals surface area contributed by atoms with E-state index >= 15 is 0 Å². The molecular weight excluding hydrogens is 354 g/mol. The van der Waals surface area contributed by atoms with Crippen molar-refractivity contribution in [1.29, 1.82) is 0 Å². The maximum Gasteiger partial charge on any atom is 0.277 e. The SMILES string of the molecule is O=C(Nc1cc2c3c(c1)CCC(=O)N3CCC2)c1cc(-c2ccccc2)on1. The summed E-state index contributed by atoms with van der Waals surface area (Å²) in [7, 11) is 0. The van der Waals surface area contributed by atoms with Gasteiger partial charge in [0.2, 0.25) is 5.91 Å². The number of rotatable bonds is 3. The molecule has 3 heterocycles. The van der Waals surface area contributed by atoms with E-state index in [0.29, 0.717) is 18.6 Å². The summed E-state index contributed by atoms with van der Waals surface area (Å²) in [5.41, 5.74) is 5.14. The summed E-state index contributed by atoms with van der Waals surface area (Å²) in [6.45, 7) is 0.783. The van der Waals surface area contributed by atoms with Crippen molar-refractivity contribution < 1.29 is 14.1 Å². The molecule has 3 aromatic rings. The minimum Gasteiger partial charge on any atom is -0.355 e. The van der Waals surface area contributed by atoms with Crippen LogP contribution in [0.2, 0.25) is 0 Å². The lowest BCUT2D eigenvalue weighted by atomic mass is 9.91. The van der Waals surface area contributed by atoms with Crippen molar-refractivity contribution >= 4 is 23.2 Å². The molecule has 6 heteroatoms. The van der Waals surface area contributed by atoms with E-state index in [1.54, 1.807) is 6.07 Å². The van der Waals surface area contributed by atoms with E-state index in [0.717, 1.165) is 47.5 Å². The van der Waals surface area contributed by atoms with Gasteiger partial charge in [0.25, 0.3) is 5.91 Å². The molecule has 1 N–H and O–H groups in total. The van der Waals surface area contributed by atoms with Crippen LogP contribution in [0.1, 0.15) is 34.5 Å². The average Bonchev–Trinajstić information content (AvgIpc) is 3.22. The first-order valence-corrected chi connectivity index (χ1v) is 9.49. The Kier molecular flexibility index (Phi) is 3.97. The molecule has 5 rings (SSSR count). The summed E-state index contributed by atoms with van der Waals surface area (Å²) < 4.78 is 5.32. The van der Waals surface area contributed by atoms with Gasteiger partial charge in [-0.15, -0.1) is 0 Å². The highest BCUT2D eigenvalue weighted by atomic mass is 16.5. The molecule has 2 amide bonds. The fraction of sp³-hybridized carbons (Fsp3) is 0.227. The Balaban J connectivity index is 1.41. The van der Waals surface area contributed by atoms with Crippen LogP contribution in [0.15, 0.2) is 53.1 Å². The van der Waals surface area contributed by atoms with Crippen LogP contribution in [0.5, 0.6) is 0 Å². The van der Waals surface area contributed by atoms with Crippen LogP contribution in [0.25, 0.3) is 11.3 Å². The zero-order valence-electron chi connectivity index (χ0n) is 15.3. The highest BCUT2D eigenvalue weighted by Crippen LogP contribution is 2.38. The number of carbonyl (C=O) groups is 2. The van der Waals surface area contributed by atoms with Gasteiger partial charge in [-0.05, 0) is 42.5 Å². The Morgan fingerprint density at radius 3 is 2.64 bits per heavy atom. The maximum absolute atomic E-state index is 12.7. The van der Waals surface area contributed by atoms with Crippen LogP contribution >= 0.6 is 0 Å². The Hall–Kier alpha value is -3.41. The Morgan fingerprint density at radius 2 is 1.82 bits per heavy atom. The topological polar surface area (TPSA) is 75.4 Å². The molecule has 0 spiro atoms. The van der Waals surface area contributed by atoms with Gasteiger partial charge in [-0.1, -0.05) is 35.5 Å². The molecule has 140 valence electrons. The third-order valence-electron chi connectivity index (χ3n) is 5.33. The second kappa shape index (κ2) is 6.64. The third kappa shape index (κ3) is 2.87. The molecule has 0 aliphatic carbocycles. The molecule has 0 fully saturated rings. The van der Waals surface area contributed by atoms with Gasteiger partial charge in [0, 0.05) is 30.3 Å². The van der Waals surface area contributed by atoms with E-state index < -0.39 is 0 Å². The molecule has 0 unspecified atom stereocenters. The van der Waals surface area contributed by atoms with Crippen LogP contribution < -0.4 is 10.2 Å². The summed E-state index contributed by atoms with van der Waals surface area (Å²) in [5, 5.41) is 6.85. The highest BCUT2D eigenvalue weighted by molar-refractivity contribution is 6.04. The first-order chi connectivity index (χ1) is 13.7. The van der Waals surface area contributed by atoms with Crippen molar-refractivity contribution in [3.63, 3.8) is 0 Å². The molecule has 0 atom stereocenters. The van der Waals surface area contributed by atoms with E-state index in [1.165, 1.54) is 0 Å². The second-order valence-electron chi connectivity index (χ2n) is 7.19. The van der Waals surface area contributed by atoms with Crippen LogP contribution in [0, 0.1) is 0 Å². The zero-order chi connectivity index (χ0) is 19.1. The van der Waals surface area contributed by atoms with E-state index in [4.69, 9.17) is 4.52 Å². The molecule has 6 nitrogen and oxygen atoms in total. The number of hydrogen-bond acceptors (Lipinski definition) is 4. The molecular formula is C22H19N3O3. The number of hydrogen-bond donors (Lipinski definition) is 1. The van der Waals surface area contributed by atoms with Gasteiger partial charge >= 0.3 is 0 Å². The molecule has 2 aliphatic heterocycles. The first kappa shape index (κ1) is 16.7. The Morgan fingerprint density at radius 1 is 1.04 bits per heavy atom. The monoisotopic (exact) mass is 373 g/mol. The van der Waals surface area contributed by atoms with Crippen LogP contribution in [-0.2, 0) is 17.6 Å². The molecule has 1 aromatic heterocycles. The molecule has 0 saturated carbocycles. The minimum atomic E-state index is -0.308. The predicted octanol–water partition coefficient (Wildman–Crippen LogP) is 3.82. The van der Waals surface area contributed by atoms with Gasteiger partial charge < -0.3 is 14.7 Å². The lowest BCUT2D eigenvalue weighted by molar-refractivity contribution is -0.119. The van der Waals surface area contributed by atoms with Crippen molar-refractivity contribution in [2.75, 3.05) is 16.8 Å². The number of nitrogens with zero attached hydrogens (tertiary/aromatic N) is 2. The molecule has 28 heavy (non-hydrogen) atoms.